The lowest BCUT2D eigenvalue weighted by Crippen LogP contribution is -2.74. The molecule has 0 aromatic heterocycles. The zero-order chi connectivity index (χ0) is 24.6. The van der Waals surface area contributed by atoms with Crippen molar-refractivity contribution >= 4 is 41.0 Å². The Bertz CT molecular complexity index is 1040. The summed E-state index contributed by atoms with van der Waals surface area (Å²) in [6, 6.07) is 4.34. The first-order valence-electron chi connectivity index (χ1n) is 10.3. The molecule has 11 heteroatoms. The molecule has 1 aromatic carbocycles. The summed E-state index contributed by atoms with van der Waals surface area (Å²) in [5, 5.41) is 13.1. The third-order valence-corrected chi connectivity index (χ3v) is 7.31. The Labute approximate surface area is 194 Å². The Hall–Kier alpha value is -3.21. The first-order chi connectivity index (χ1) is 15.5. The van der Waals surface area contributed by atoms with Gasteiger partial charge in [-0.1, -0.05) is 19.6 Å². The number of ether oxygens (including phenoxy) is 1. The molecule has 2 heterocycles. The van der Waals surface area contributed by atoms with E-state index in [1.54, 1.807) is 20.8 Å². The SMILES string of the molecule is C=CC(C)(C)OC(=O)C1(C(=O)CC)CS[C@@H]2C(NC(=O)c3cccc([N+](=O)[O-])c3)C(=O)N2C1. The number of fused-ring (bicyclic) bond motifs is 1. The fourth-order valence-corrected chi connectivity index (χ4v) is 5.24. The highest BCUT2D eigenvalue weighted by Crippen LogP contribution is 2.44. The number of nitrogens with zero attached hydrogens (tertiary/aromatic N) is 2. The molecule has 0 radical (unpaired) electrons. The molecule has 33 heavy (non-hydrogen) atoms. The maximum absolute atomic E-state index is 13.0. The molecule has 1 aromatic rings. The second kappa shape index (κ2) is 8.97. The fourth-order valence-electron chi connectivity index (χ4n) is 3.68. The summed E-state index contributed by atoms with van der Waals surface area (Å²) >= 11 is 1.22. The molecule has 0 aliphatic carbocycles. The predicted octanol–water partition coefficient (Wildman–Crippen LogP) is 2.08. The summed E-state index contributed by atoms with van der Waals surface area (Å²) in [5.41, 5.74) is -2.66. The molecule has 0 bridgehead atoms. The number of amides is 2. The highest BCUT2D eigenvalue weighted by Gasteiger charge is 2.60. The number of carbonyl (C=O) groups is 4. The smallest absolute Gasteiger partial charge is 0.323 e. The number of hydrogen-bond acceptors (Lipinski definition) is 8. The van der Waals surface area contributed by atoms with E-state index in [4.69, 9.17) is 4.74 Å². The van der Waals surface area contributed by atoms with Crippen molar-refractivity contribution in [2.45, 2.75) is 44.2 Å². The van der Waals surface area contributed by atoms with E-state index in [0.717, 1.165) is 6.07 Å². The Morgan fingerprint density at radius 3 is 2.73 bits per heavy atom. The summed E-state index contributed by atoms with van der Waals surface area (Å²) in [7, 11) is 0. The molecule has 2 amide bonds. The molecule has 0 spiro atoms. The lowest BCUT2D eigenvalue weighted by atomic mass is 9.81. The predicted molar refractivity (Wildman–Crippen MR) is 120 cm³/mol. The fraction of sp³-hybridized carbons (Fsp3) is 0.455. The monoisotopic (exact) mass is 475 g/mol. The van der Waals surface area contributed by atoms with Crippen LogP contribution in [-0.4, -0.2) is 62.7 Å². The highest BCUT2D eigenvalue weighted by molar-refractivity contribution is 8.00. The quantitative estimate of drug-likeness (QED) is 0.151. The number of Topliss-reactive ketones (excluding diaryl/α,β-unsaturated/α-hetero) is 1. The summed E-state index contributed by atoms with van der Waals surface area (Å²) in [6.07, 6.45) is 1.56. The van der Waals surface area contributed by atoms with Gasteiger partial charge in [0.25, 0.3) is 11.6 Å². The Morgan fingerprint density at radius 1 is 1.42 bits per heavy atom. The molecular weight excluding hydrogens is 450 g/mol. The van der Waals surface area contributed by atoms with E-state index < -0.39 is 45.1 Å². The number of rotatable bonds is 8. The van der Waals surface area contributed by atoms with Crippen molar-refractivity contribution in [1.82, 2.24) is 10.2 Å². The maximum Gasteiger partial charge on any atom is 0.323 e. The molecular formula is C22H25N3O7S. The number of carbonyl (C=O) groups excluding carboxylic acids is 4. The zero-order valence-corrected chi connectivity index (χ0v) is 19.3. The van der Waals surface area contributed by atoms with Crippen LogP contribution in [0.5, 0.6) is 0 Å². The highest BCUT2D eigenvalue weighted by atomic mass is 32.2. The van der Waals surface area contributed by atoms with Crippen LogP contribution in [0.25, 0.3) is 0 Å². The number of ketones is 1. The van der Waals surface area contributed by atoms with Gasteiger partial charge >= 0.3 is 5.97 Å². The van der Waals surface area contributed by atoms with Crippen LogP contribution in [0.3, 0.4) is 0 Å². The standard InChI is InChI=1S/C22H25N3O7S/c1-5-15(26)22(20(29)32-21(3,4)6-2)11-24-18(28)16(19(24)33-12-22)23-17(27)13-8-7-9-14(10-13)25(30)31/h6-10,16,19H,2,5,11-12H2,1,3-4H3,(H,23,27)/t16?,19-,22?/m1/s1. The number of benzene rings is 1. The van der Waals surface area contributed by atoms with E-state index in [1.807, 2.05) is 0 Å². The van der Waals surface area contributed by atoms with E-state index in [9.17, 15) is 29.3 Å². The van der Waals surface area contributed by atoms with Gasteiger partial charge in [0.15, 0.2) is 11.2 Å². The van der Waals surface area contributed by atoms with Gasteiger partial charge in [-0.3, -0.25) is 29.3 Å². The largest absolute Gasteiger partial charge is 0.455 e. The van der Waals surface area contributed by atoms with Gasteiger partial charge in [0, 0.05) is 36.4 Å². The second-order valence-electron chi connectivity index (χ2n) is 8.48. The third kappa shape index (κ3) is 4.50. The van der Waals surface area contributed by atoms with E-state index in [-0.39, 0.29) is 35.8 Å². The number of non-ortho nitro benzene ring substituents is 1. The average Bonchev–Trinajstić information content (AvgIpc) is 2.80. The minimum Gasteiger partial charge on any atom is -0.455 e. The molecule has 2 aliphatic heterocycles. The van der Waals surface area contributed by atoms with Gasteiger partial charge in [-0.05, 0) is 26.0 Å². The van der Waals surface area contributed by atoms with Crippen LogP contribution < -0.4 is 5.32 Å². The summed E-state index contributed by atoms with van der Waals surface area (Å²) in [5.74, 6) is -1.98. The minimum absolute atomic E-state index is 0.0574. The number of esters is 1. The van der Waals surface area contributed by atoms with Gasteiger partial charge in [-0.25, -0.2) is 0 Å². The van der Waals surface area contributed by atoms with Crippen molar-refractivity contribution in [2.75, 3.05) is 12.3 Å². The van der Waals surface area contributed by atoms with Gasteiger partial charge in [0.05, 0.1) is 4.92 Å². The van der Waals surface area contributed by atoms with Gasteiger partial charge in [0.2, 0.25) is 5.91 Å². The molecule has 10 nitrogen and oxygen atoms in total. The number of nitro benzene ring substituents is 1. The number of thioether (sulfide) groups is 1. The third-order valence-electron chi connectivity index (χ3n) is 5.78. The van der Waals surface area contributed by atoms with Crippen molar-refractivity contribution < 1.29 is 28.8 Å². The topological polar surface area (TPSA) is 136 Å². The molecule has 2 fully saturated rings. The van der Waals surface area contributed by atoms with E-state index >= 15 is 0 Å². The summed E-state index contributed by atoms with van der Waals surface area (Å²) in [6.45, 7) is 8.44. The van der Waals surface area contributed by atoms with Crippen LogP contribution in [0, 0.1) is 15.5 Å². The van der Waals surface area contributed by atoms with Gasteiger partial charge in [-0.2, -0.15) is 0 Å². The van der Waals surface area contributed by atoms with Crippen molar-refractivity contribution in [3.8, 4) is 0 Å². The molecule has 3 rings (SSSR count). The number of nitro groups is 1. The maximum atomic E-state index is 13.0. The molecule has 2 saturated heterocycles. The van der Waals surface area contributed by atoms with Gasteiger partial charge < -0.3 is 15.0 Å². The first kappa shape index (κ1) is 24.4. The Kier molecular flexibility index (Phi) is 6.64. The van der Waals surface area contributed by atoms with Crippen LogP contribution in [0.2, 0.25) is 0 Å². The van der Waals surface area contributed by atoms with Crippen LogP contribution in [0.15, 0.2) is 36.9 Å². The second-order valence-corrected chi connectivity index (χ2v) is 9.59. The Morgan fingerprint density at radius 2 is 2.12 bits per heavy atom. The van der Waals surface area contributed by atoms with Gasteiger partial charge in [-0.15, -0.1) is 11.8 Å². The van der Waals surface area contributed by atoms with Crippen molar-refractivity contribution in [1.29, 1.82) is 0 Å². The van der Waals surface area contributed by atoms with E-state index in [0.29, 0.717) is 0 Å². The van der Waals surface area contributed by atoms with Gasteiger partial charge in [0.1, 0.15) is 17.0 Å². The molecule has 3 atom stereocenters. The lowest BCUT2D eigenvalue weighted by molar-refractivity contribution is -0.384. The zero-order valence-electron chi connectivity index (χ0n) is 18.5. The summed E-state index contributed by atoms with van der Waals surface area (Å²) in [4.78, 5) is 63.0. The van der Waals surface area contributed by atoms with Crippen molar-refractivity contribution in [2.24, 2.45) is 5.41 Å². The number of β-lactam (4-membered cyclic amide) rings is 1. The summed E-state index contributed by atoms with van der Waals surface area (Å²) < 4.78 is 5.52. The van der Waals surface area contributed by atoms with Crippen molar-refractivity contribution in [3.63, 3.8) is 0 Å². The molecule has 2 aliphatic rings. The first-order valence-corrected chi connectivity index (χ1v) is 11.4. The van der Waals surface area contributed by atoms with E-state index in [2.05, 4.69) is 11.9 Å². The van der Waals surface area contributed by atoms with E-state index in [1.165, 1.54) is 40.9 Å². The van der Waals surface area contributed by atoms with Crippen LogP contribution in [-0.2, 0) is 19.1 Å². The number of nitrogens with one attached hydrogen (secondary N) is 1. The molecule has 1 N–H and O–H groups in total. The van der Waals surface area contributed by atoms with Crippen LogP contribution in [0.4, 0.5) is 5.69 Å². The lowest BCUT2D eigenvalue weighted by Gasteiger charge is -2.53. The molecule has 2 unspecified atom stereocenters. The number of hydrogen-bond donors (Lipinski definition) is 1. The average molecular weight is 476 g/mol. The minimum atomic E-state index is -1.50. The molecule has 176 valence electrons. The van der Waals surface area contributed by atoms with Crippen LogP contribution >= 0.6 is 11.8 Å². The Balaban J connectivity index is 1.75. The molecule has 0 saturated carbocycles. The normalized spacial score (nSPS) is 24.2. The van der Waals surface area contributed by atoms with Crippen LogP contribution in [0.1, 0.15) is 37.6 Å². The van der Waals surface area contributed by atoms with Crippen molar-refractivity contribution in [3.05, 3.63) is 52.6 Å².